The molecule has 0 spiro atoms. The maximum atomic E-state index is 12.6. The highest BCUT2D eigenvalue weighted by atomic mass is 16.5. The van der Waals surface area contributed by atoms with Gasteiger partial charge in [-0.3, -0.25) is 10.1 Å². The van der Waals surface area contributed by atoms with Crippen LogP contribution in [0.2, 0.25) is 0 Å². The predicted molar refractivity (Wildman–Crippen MR) is 88.7 cm³/mol. The summed E-state index contributed by atoms with van der Waals surface area (Å²) < 4.78 is 5.29. The number of nitrogens with one attached hydrogen (secondary N) is 1. The molecule has 122 valence electrons. The third-order valence-electron chi connectivity index (χ3n) is 4.52. The van der Waals surface area contributed by atoms with Gasteiger partial charge in [0, 0.05) is 19.2 Å². The molecule has 1 aliphatic rings. The summed E-state index contributed by atoms with van der Waals surface area (Å²) in [5, 5.41) is 3.36. The molecule has 1 amide bonds. The van der Waals surface area contributed by atoms with E-state index < -0.39 is 0 Å². The van der Waals surface area contributed by atoms with Crippen LogP contribution in [0.3, 0.4) is 0 Å². The Hall–Kier alpha value is -1.39. The number of carbonyl (C=O) groups excluding carboxylic acids is 1. The first-order valence-electron chi connectivity index (χ1n) is 8.22. The van der Waals surface area contributed by atoms with E-state index in [-0.39, 0.29) is 11.9 Å². The summed E-state index contributed by atoms with van der Waals surface area (Å²) in [5.41, 5.74) is 1.15. The van der Waals surface area contributed by atoms with Gasteiger partial charge in [0.2, 0.25) is 5.91 Å². The van der Waals surface area contributed by atoms with Gasteiger partial charge in [-0.15, -0.1) is 0 Å². The molecule has 0 aliphatic carbocycles. The summed E-state index contributed by atoms with van der Waals surface area (Å²) in [4.78, 5) is 14.6. The first-order valence-corrected chi connectivity index (χ1v) is 8.22. The van der Waals surface area contributed by atoms with Crippen molar-refractivity contribution in [2.24, 2.45) is 0 Å². The van der Waals surface area contributed by atoms with Crippen molar-refractivity contribution >= 4 is 5.91 Å². The minimum absolute atomic E-state index is 0.0468. The first kappa shape index (κ1) is 17.0. The second-order valence-electron chi connectivity index (χ2n) is 6.23. The molecule has 1 heterocycles. The highest BCUT2D eigenvalue weighted by molar-refractivity contribution is 5.79. The summed E-state index contributed by atoms with van der Waals surface area (Å²) >= 11 is 0. The highest BCUT2D eigenvalue weighted by Crippen LogP contribution is 2.22. The van der Waals surface area contributed by atoms with Gasteiger partial charge < -0.3 is 9.64 Å². The third kappa shape index (κ3) is 4.31. The second kappa shape index (κ2) is 8.30. The Morgan fingerprint density at radius 3 is 2.50 bits per heavy atom. The quantitative estimate of drug-likeness (QED) is 0.878. The van der Waals surface area contributed by atoms with Crippen LogP contribution in [0.4, 0.5) is 0 Å². The fraction of sp³-hybridized carbons (Fsp3) is 0.611. The van der Waals surface area contributed by atoms with E-state index in [0.29, 0.717) is 25.2 Å². The summed E-state index contributed by atoms with van der Waals surface area (Å²) in [5.74, 6) is 0.191. The van der Waals surface area contributed by atoms with Crippen molar-refractivity contribution in [3.8, 4) is 0 Å². The van der Waals surface area contributed by atoms with Crippen LogP contribution in [0, 0.1) is 0 Å². The lowest BCUT2D eigenvalue weighted by atomic mass is 9.97. The topological polar surface area (TPSA) is 41.6 Å². The summed E-state index contributed by atoms with van der Waals surface area (Å²) in [6.07, 6.45) is 3.43. The number of hydrogen-bond donors (Lipinski definition) is 1. The van der Waals surface area contributed by atoms with E-state index in [9.17, 15) is 4.79 Å². The smallest absolute Gasteiger partial charge is 0.237 e. The molecule has 3 atom stereocenters. The van der Waals surface area contributed by atoms with Crippen LogP contribution in [0.5, 0.6) is 0 Å². The van der Waals surface area contributed by atoms with Gasteiger partial charge in [0.15, 0.2) is 0 Å². The summed E-state index contributed by atoms with van der Waals surface area (Å²) in [7, 11) is 1.69. The zero-order valence-corrected chi connectivity index (χ0v) is 13.9. The van der Waals surface area contributed by atoms with Crippen LogP contribution in [-0.2, 0) is 9.53 Å². The van der Waals surface area contributed by atoms with Crippen LogP contribution in [0.25, 0.3) is 0 Å². The summed E-state index contributed by atoms with van der Waals surface area (Å²) in [6.45, 7) is 5.22. The maximum Gasteiger partial charge on any atom is 0.237 e. The number of methoxy groups -OCH3 is 1. The van der Waals surface area contributed by atoms with Crippen molar-refractivity contribution in [3.05, 3.63) is 35.9 Å². The Labute approximate surface area is 133 Å². The second-order valence-corrected chi connectivity index (χ2v) is 6.23. The number of rotatable bonds is 6. The van der Waals surface area contributed by atoms with Crippen molar-refractivity contribution < 1.29 is 9.53 Å². The fourth-order valence-electron chi connectivity index (χ4n) is 3.34. The van der Waals surface area contributed by atoms with E-state index in [1.54, 1.807) is 7.11 Å². The number of benzene rings is 1. The normalized spacial score (nSPS) is 23.3. The fourth-order valence-corrected chi connectivity index (χ4v) is 3.34. The molecule has 22 heavy (non-hydrogen) atoms. The van der Waals surface area contributed by atoms with Crippen molar-refractivity contribution in [1.29, 1.82) is 0 Å². The zero-order valence-electron chi connectivity index (χ0n) is 13.9. The molecule has 1 aliphatic heterocycles. The molecule has 0 saturated carbocycles. The van der Waals surface area contributed by atoms with Crippen LogP contribution < -0.4 is 5.32 Å². The Morgan fingerprint density at radius 1 is 1.27 bits per heavy atom. The standard InChI is InChI=1S/C18H28N2O2/c1-14-8-7-9-15(2)20(14)18(21)12-19-17(13-22-3)16-10-5-4-6-11-16/h4-6,10-11,14-15,17,19H,7-9,12-13H2,1-3H3/t14-,15-,17+/m1/s1. The maximum absolute atomic E-state index is 12.6. The average molecular weight is 304 g/mol. The van der Waals surface area contributed by atoms with E-state index in [4.69, 9.17) is 4.74 Å². The van der Waals surface area contributed by atoms with Crippen molar-refractivity contribution in [1.82, 2.24) is 10.2 Å². The molecule has 1 aromatic rings. The number of likely N-dealkylation sites (tertiary alicyclic amines) is 1. The van der Waals surface area contributed by atoms with Crippen molar-refractivity contribution in [2.45, 2.75) is 51.2 Å². The SMILES string of the molecule is COC[C@H](NCC(=O)N1[C@H](C)CCC[C@H]1C)c1ccccc1. The summed E-state index contributed by atoms with van der Waals surface area (Å²) in [6, 6.07) is 10.9. The van der Waals surface area contributed by atoms with Crippen molar-refractivity contribution in [3.63, 3.8) is 0 Å². The van der Waals surface area contributed by atoms with Gasteiger partial charge in [0.1, 0.15) is 0 Å². The monoisotopic (exact) mass is 304 g/mol. The zero-order chi connectivity index (χ0) is 15.9. The van der Waals surface area contributed by atoms with E-state index in [1.807, 2.05) is 23.1 Å². The van der Waals surface area contributed by atoms with Gasteiger partial charge in [0.25, 0.3) is 0 Å². The number of piperidine rings is 1. The number of carbonyl (C=O) groups is 1. The molecule has 0 bridgehead atoms. The van der Waals surface area contributed by atoms with Gasteiger partial charge in [-0.2, -0.15) is 0 Å². The molecular weight excluding hydrogens is 276 g/mol. The number of hydrogen-bond acceptors (Lipinski definition) is 3. The van der Waals surface area contributed by atoms with Gasteiger partial charge in [0.05, 0.1) is 19.2 Å². The lowest BCUT2D eigenvalue weighted by Crippen LogP contribution is -2.50. The number of amides is 1. The molecule has 1 N–H and O–H groups in total. The first-order chi connectivity index (χ1) is 10.6. The molecule has 4 heteroatoms. The van der Waals surface area contributed by atoms with E-state index in [1.165, 1.54) is 6.42 Å². The Balaban J connectivity index is 1.95. The lowest BCUT2D eigenvalue weighted by Gasteiger charge is -2.39. The van der Waals surface area contributed by atoms with Crippen LogP contribution in [0.1, 0.15) is 44.7 Å². The van der Waals surface area contributed by atoms with Gasteiger partial charge in [-0.25, -0.2) is 0 Å². The Bertz CT molecular complexity index is 453. The molecule has 4 nitrogen and oxygen atoms in total. The number of nitrogens with zero attached hydrogens (tertiary/aromatic N) is 1. The molecule has 1 saturated heterocycles. The lowest BCUT2D eigenvalue weighted by molar-refractivity contribution is -0.136. The third-order valence-corrected chi connectivity index (χ3v) is 4.52. The molecular formula is C18H28N2O2. The van der Waals surface area contributed by atoms with E-state index >= 15 is 0 Å². The Morgan fingerprint density at radius 2 is 1.91 bits per heavy atom. The van der Waals surface area contributed by atoms with Crippen molar-refractivity contribution in [2.75, 3.05) is 20.3 Å². The molecule has 0 aromatic heterocycles. The molecule has 2 rings (SSSR count). The molecule has 0 unspecified atom stereocenters. The largest absolute Gasteiger partial charge is 0.383 e. The van der Waals surface area contributed by atoms with Gasteiger partial charge in [-0.05, 0) is 38.7 Å². The average Bonchev–Trinajstić information content (AvgIpc) is 2.52. The predicted octanol–water partition coefficient (Wildman–Crippen LogP) is 2.75. The molecule has 1 aromatic carbocycles. The molecule has 1 fully saturated rings. The number of ether oxygens (including phenoxy) is 1. The van der Waals surface area contributed by atoms with Crippen LogP contribution in [-0.4, -0.2) is 43.2 Å². The van der Waals surface area contributed by atoms with Crippen LogP contribution in [0.15, 0.2) is 30.3 Å². The highest BCUT2D eigenvalue weighted by Gasteiger charge is 2.28. The minimum atomic E-state index is 0.0468. The van der Waals surface area contributed by atoms with Gasteiger partial charge in [-0.1, -0.05) is 30.3 Å². The van der Waals surface area contributed by atoms with E-state index in [2.05, 4.69) is 31.3 Å². The molecule has 0 radical (unpaired) electrons. The van der Waals surface area contributed by atoms with Gasteiger partial charge >= 0.3 is 0 Å². The minimum Gasteiger partial charge on any atom is -0.383 e. The van der Waals surface area contributed by atoms with Crippen LogP contribution >= 0.6 is 0 Å². The Kier molecular flexibility index (Phi) is 6.40. The van der Waals surface area contributed by atoms with E-state index in [0.717, 1.165) is 18.4 Å².